The molecule has 0 aliphatic heterocycles. The maximum atomic E-state index is 13.6. The number of nitrogens with one attached hydrogen (secondary N) is 1. The molecule has 0 unspecified atom stereocenters. The molecule has 0 aliphatic carbocycles. The number of hydrogen-bond acceptors (Lipinski definition) is 2. The van der Waals surface area contributed by atoms with Crippen molar-refractivity contribution < 1.29 is 27.1 Å². The quantitative estimate of drug-likeness (QED) is 0.847. The van der Waals surface area contributed by atoms with Gasteiger partial charge in [0.1, 0.15) is 6.42 Å². The fraction of sp³-hybridized carbons (Fsp3) is 0.462. The lowest BCUT2D eigenvalue weighted by Crippen LogP contribution is -2.28. The largest absolute Gasteiger partial charge is 0.488 e. The van der Waals surface area contributed by atoms with Crippen LogP contribution >= 0.6 is 0 Å². The number of rotatable bonds is 5. The zero-order chi connectivity index (χ0) is 15.3. The van der Waals surface area contributed by atoms with Crippen LogP contribution in [0.15, 0.2) is 18.2 Å². The van der Waals surface area contributed by atoms with Crippen molar-refractivity contribution in [2.75, 3.05) is 0 Å². The lowest BCUT2D eigenvalue weighted by molar-refractivity contribution is -0.153. The van der Waals surface area contributed by atoms with E-state index in [4.69, 9.17) is 4.74 Å². The van der Waals surface area contributed by atoms with Crippen LogP contribution in [-0.4, -0.2) is 18.2 Å². The van der Waals surface area contributed by atoms with E-state index >= 15 is 0 Å². The normalized spacial score (nSPS) is 11.6. The number of carbonyl (C=O) groups is 1. The summed E-state index contributed by atoms with van der Waals surface area (Å²) in [5, 5.41) is 2.08. The Kier molecular flexibility index (Phi) is 5.35. The van der Waals surface area contributed by atoms with Gasteiger partial charge in [-0.25, -0.2) is 4.39 Å². The summed E-state index contributed by atoms with van der Waals surface area (Å²) in [5.41, 5.74) is 0.356. The molecule has 112 valence electrons. The number of amides is 1. The molecule has 0 fully saturated rings. The van der Waals surface area contributed by atoms with E-state index in [0.717, 1.165) is 6.07 Å². The van der Waals surface area contributed by atoms with Crippen LogP contribution in [0.3, 0.4) is 0 Å². The molecular formula is C13H15F4NO2. The molecule has 1 rings (SSSR count). The molecule has 1 aromatic rings. The zero-order valence-electron chi connectivity index (χ0n) is 11.1. The molecule has 20 heavy (non-hydrogen) atoms. The average Bonchev–Trinajstić information content (AvgIpc) is 2.27. The molecule has 7 heteroatoms. The highest BCUT2D eigenvalue weighted by atomic mass is 19.4. The Bertz CT molecular complexity index is 472. The minimum absolute atomic E-state index is 0.0605. The second-order valence-corrected chi connectivity index (χ2v) is 4.50. The molecule has 1 aromatic carbocycles. The molecule has 3 nitrogen and oxygen atoms in total. The van der Waals surface area contributed by atoms with E-state index < -0.39 is 24.3 Å². The Morgan fingerprint density at radius 3 is 2.50 bits per heavy atom. The molecule has 1 amide bonds. The van der Waals surface area contributed by atoms with Crippen LogP contribution < -0.4 is 10.1 Å². The van der Waals surface area contributed by atoms with Crippen molar-refractivity contribution in [3.05, 3.63) is 29.6 Å². The first-order chi connectivity index (χ1) is 9.17. The van der Waals surface area contributed by atoms with E-state index in [-0.39, 0.29) is 18.4 Å². The van der Waals surface area contributed by atoms with Gasteiger partial charge in [-0.3, -0.25) is 4.79 Å². The number of alkyl halides is 3. The predicted octanol–water partition coefficient (Wildman–Crippen LogP) is 3.18. The average molecular weight is 293 g/mol. The van der Waals surface area contributed by atoms with Crippen molar-refractivity contribution in [1.29, 1.82) is 0 Å². The standard InChI is InChI=1S/C13H15F4NO2/c1-8(2)20-11-4-3-9(5-10(11)14)7-18-12(19)6-13(15,16)17/h3-5,8H,6-7H2,1-2H3,(H,18,19). The number of carbonyl (C=O) groups excluding carboxylic acids is 1. The summed E-state index contributed by atoms with van der Waals surface area (Å²) in [6, 6.07) is 3.97. The lowest BCUT2D eigenvalue weighted by atomic mass is 10.2. The van der Waals surface area contributed by atoms with Gasteiger partial charge in [-0.05, 0) is 31.5 Å². The van der Waals surface area contributed by atoms with Gasteiger partial charge in [-0.1, -0.05) is 6.07 Å². The van der Waals surface area contributed by atoms with E-state index in [2.05, 4.69) is 5.32 Å². The van der Waals surface area contributed by atoms with Gasteiger partial charge < -0.3 is 10.1 Å². The third kappa shape index (κ3) is 5.90. The van der Waals surface area contributed by atoms with Crippen LogP contribution in [-0.2, 0) is 11.3 Å². The first-order valence-corrected chi connectivity index (χ1v) is 5.96. The minimum atomic E-state index is -4.55. The number of halogens is 4. The van der Waals surface area contributed by atoms with Gasteiger partial charge in [-0.15, -0.1) is 0 Å². The zero-order valence-corrected chi connectivity index (χ0v) is 11.1. The molecule has 0 aliphatic rings. The molecule has 0 atom stereocenters. The van der Waals surface area contributed by atoms with Gasteiger partial charge in [0, 0.05) is 6.54 Å². The van der Waals surface area contributed by atoms with Gasteiger partial charge in [0.05, 0.1) is 6.10 Å². The van der Waals surface area contributed by atoms with Crippen LogP contribution in [0.4, 0.5) is 17.6 Å². The van der Waals surface area contributed by atoms with Crippen molar-refractivity contribution >= 4 is 5.91 Å². The van der Waals surface area contributed by atoms with Crippen LogP contribution in [0.1, 0.15) is 25.8 Å². The van der Waals surface area contributed by atoms with Gasteiger partial charge in [0.25, 0.3) is 0 Å². The Hall–Kier alpha value is -1.79. The summed E-state index contributed by atoms with van der Waals surface area (Å²) in [6.45, 7) is 3.31. The van der Waals surface area contributed by atoms with Crippen LogP contribution in [0.25, 0.3) is 0 Å². The summed E-state index contributed by atoms with van der Waals surface area (Å²) >= 11 is 0. The summed E-state index contributed by atoms with van der Waals surface area (Å²) < 4.78 is 54.6. The first kappa shape index (κ1) is 16.3. The molecule has 0 saturated carbocycles. The molecule has 0 spiro atoms. The highest BCUT2D eigenvalue weighted by Gasteiger charge is 2.30. The van der Waals surface area contributed by atoms with Crippen molar-refractivity contribution in [3.63, 3.8) is 0 Å². The first-order valence-electron chi connectivity index (χ1n) is 5.96. The SMILES string of the molecule is CC(C)Oc1ccc(CNC(=O)CC(F)(F)F)cc1F. The molecule has 0 bridgehead atoms. The Morgan fingerprint density at radius 2 is 2.00 bits per heavy atom. The van der Waals surface area contributed by atoms with Crippen molar-refractivity contribution in [2.45, 2.75) is 39.1 Å². The van der Waals surface area contributed by atoms with Crippen molar-refractivity contribution in [3.8, 4) is 5.75 Å². The number of hydrogen-bond donors (Lipinski definition) is 1. The molecule has 0 radical (unpaired) electrons. The fourth-order valence-corrected chi connectivity index (χ4v) is 1.45. The third-order valence-electron chi connectivity index (χ3n) is 2.21. The lowest BCUT2D eigenvalue weighted by Gasteiger charge is -2.12. The smallest absolute Gasteiger partial charge is 0.397 e. The van der Waals surface area contributed by atoms with Gasteiger partial charge in [0.15, 0.2) is 11.6 Å². The van der Waals surface area contributed by atoms with E-state index in [1.165, 1.54) is 12.1 Å². The summed E-state index contributed by atoms with van der Waals surface area (Å²) in [5.74, 6) is -1.72. The van der Waals surface area contributed by atoms with E-state index in [0.29, 0.717) is 5.56 Å². The number of ether oxygens (including phenoxy) is 1. The van der Waals surface area contributed by atoms with Gasteiger partial charge in [-0.2, -0.15) is 13.2 Å². The van der Waals surface area contributed by atoms with E-state index in [1.54, 1.807) is 13.8 Å². The topological polar surface area (TPSA) is 38.3 Å². The monoisotopic (exact) mass is 293 g/mol. The Morgan fingerprint density at radius 1 is 1.35 bits per heavy atom. The molecule has 0 heterocycles. The van der Waals surface area contributed by atoms with Gasteiger partial charge in [0.2, 0.25) is 5.91 Å². The predicted molar refractivity (Wildman–Crippen MR) is 64.7 cm³/mol. The Labute approximate surface area is 113 Å². The molecule has 0 aromatic heterocycles. The van der Waals surface area contributed by atoms with E-state index in [9.17, 15) is 22.4 Å². The second kappa shape index (κ2) is 6.58. The van der Waals surface area contributed by atoms with Crippen LogP contribution in [0.2, 0.25) is 0 Å². The molecular weight excluding hydrogens is 278 g/mol. The summed E-state index contributed by atoms with van der Waals surface area (Å²) in [7, 11) is 0. The van der Waals surface area contributed by atoms with Gasteiger partial charge >= 0.3 is 6.18 Å². The van der Waals surface area contributed by atoms with Crippen LogP contribution in [0.5, 0.6) is 5.75 Å². The van der Waals surface area contributed by atoms with Crippen molar-refractivity contribution in [2.24, 2.45) is 0 Å². The molecule has 1 N–H and O–H groups in total. The van der Waals surface area contributed by atoms with E-state index in [1.807, 2.05) is 0 Å². The number of benzene rings is 1. The summed E-state index contributed by atoms with van der Waals surface area (Å²) in [4.78, 5) is 11.0. The van der Waals surface area contributed by atoms with Crippen LogP contribution in [0, 0.1) is 5.82 Å². The maximum absolute atomic E-state index is 13.6. The second-order valence-electron chi connectivity index (χ2n) is 4.50. The minimum Gasteiger partial charge on any atom is -0.488 e. The summed E-state index contributed by atoms with van der Waals surface area (Å²) in [6.07, 6.45) is -6.30. The highest BCUT2D eigenvalue weighted by molar-refractivity contribution is 5.76. The fourth-order valence-electron chi connectivity index (χ4n) is 1.45. The third-order valence-corrected chi connectivity index (χ3v) is 2.21. The maximum Gasteiger partial charge on any atom is 0.397 e. The molecule has 0 saturated heterocycles. The highest BCUT2D eigenvalue weighted by Crippen LogP contribution is 2.21. The Balaban J connectivity index is 2.57. The van der Waals surface area contributed by atoms with Crippen molar-refractivity contribution in [1.82, 2.24) is 5.32 Å².